The largest absolute Gasteiger partial charge is 0.262 e. The van der Waals surface area contributed by atoms with Crippen LogP contribution in [0.4, 0.5) is 0 Å². The van der Waals surface area contributed by atoms with E-state index >= 15 is 0 Å². The van der Waals surface area contributed by atoms with Crippen LogP contribution in [0.3, 0.4) is 0 Å². The monoisotopic (exact) mass is 464 g/mol. The lowest BCUT2D eigenvalue weighted by Gasteiger charge is -2.25. The number of aromatic nitrogens is 4. The zero-order valence-electron chi connectivity index (χ0n) is 18.8. The Bertz CT molecular complexity index is 1580. The molecular formula is C27H21ClN6. The predicted octanol–water partition coefficient (Wildman–Crippen LogP) is 5.60. The number of allylic oxidation sites excluding steroid dienone is 2. The Morgan fingerprint density at radius 1 is 0.765 bits per heavy atom. The van der Waals surface area contributed by atoms with Crippen molar-refractivity contribution in [3.05, 3.63) is 94.6 Å². The highest BCUT2D eigenvalue weighted by Gasteiger charge is 2.26. The average molecular weight is 465 g/mol. The third-order valence-electron chi connectivity index (χ3n) is 6.16. The fourth-order valence-electron chi connectivity index (χ4n) is 4.37. The van der Waals surface area contributed by atoms with Crippen LogP contribution in [0.2, 0.25) is 5.15 Å². The van der Waals surface area contributed by atoms with Crippen LogP contribution in [-0.4, -0.2) is 37.5 Å². The summed E-state index contributed by atoms with van der Waals surface area (Å²) < 4.78 is 0. The summed E-state index contributed by atoms with van der Waals surface area (Å²) in [6, 6.07) is 15.9. The van der Waals surface area contributed by atoms with Gasteiger partial charge in [-0.3, -0.25) is 9.98 Å². The van der Waals surface area contributed by atoms with Crippen molar-refractivity contribution < 1.29 is 0 Å². The van der Waals surface area contributed by atoms with Crippen molar-refractivity contribution in [2.75, 3.05) is 0 Å². The molecule has 4 aromatic rings. The van der Waals surface area contributed by atoms with E-state index in [1.54, 1.807) is 6.07 Å². The molecule has 6 heterocycles. The minimum atomic E-state index is -0.231. The quantitative estimate of drug-likeness (QED) is 0.370. The SMILES string of the molecule is CC1=NC2N=C(Cc3ccc4ccc(Cl)nc4n3)C=CC2=CC1c1ccc2ccc(C)nc2n1. The fraction of sp³-hybridized carbons (Fsp3) is 0.185. The molecule has 2 atom stereocenters. The predicted molar refractivity (Wildman–Crippen MR) is 137 cm³/mol. The molecule has 0 saturated carbocycles. The first kappa shape index (κ1) is 20.8. The van der Waals surface area contributed by atoms with Crippen molar-refractivity contribution in [2.45, 2.75) is 32.4 Å². The van der Waals surface area contributed by atoms with Gasteiger partial charge in [0.05, 0.1) is 11.6 Å². The van der Waals surface area contributed by atoms with Crippen molar-refractivity contribution in [1.82, 2.24) is 19.9 Å². The number of hydrogen-bond donors (Lipinski definition) is 0. The lowest BCUT2D eigenvalue weighted by atomic mass is 9.91. The molecule has 166 valence electrons. The number of halogens is 1. The van der Waals surface area contributed by atoms with Gasteiger partial charge in [0.2, 0.25) is 0 Å². The van der Waals surface area contributed by atoms with Crippen molar-refractivity contribution in [1.29, 1.82) is 0 Å². The summed E-state index contributed by atoms with van der Waals surface area (Å²) >= 11 is 6.03. The highest BCUT2D eigenvalue weighted by atomic mass is 35.5. The van der Waals surface area contributed by atoms with E-state index in [0.29, 0.717) is 17.2 Å². The smallest absolute Gasteiger partial charge is 0.165 e. The minimum Gasteiger partial charge on any atom is -0.262 e. The highest BCUT2D eigenvalue weighted by molar-refractivity contribution is 6.29. The van der Waals surface area contributed by atoms with E-state index in [9.17, 15) is 0 Å². The third-order valence-corrected chi connectivity index (χ3v) is 6.37. The van der Waals surface area contributed by atoms with Gasteiger partial charge in [-0.2, -0.15) is 0 Å². The number of aryl methyl sites for hydroxylation is 1. The Hall–Kier alpha value is -3.77. The van der Waals surface area contributed by atoms with Gasteiger partial charge in [-0.05, 0) is 74.0 Å². The van der Waals surface area contributed by atoms with E-state index in [-0.39, 0.29) is 12.1 Å². The summed E-state index contributed by atoms with van der Waals surface area (Å²) in [7, 11) is 0. The van der Waals surface area contributed by atoms with Gasteiger partial charge in [0, 0.05) is 40.0 Å². The van der Waals surface area contributed by atoms with E-state index in [1.165, 1.54) is 0 Å². The van der Waals surface area contributed by atoms with Crippen LogP contribution in [0, 0.1) is 6.92 Å². The normalized spacial score (nSPS) is 19.6. The van der Waals surface area contributed by atoms with Crippen LogP contribution < -0.4 is 0 Å². The van der Waals surface area contributed by atoms with Gasteiger partial charge in [0.25, 0.3) is 0 Å². The molecular weight excluding hydrogens is 444 g/mol. The Labute approximate surface area is 201 Å². The van der Waals surface area contributed by atoms with Crippen LogP contribution in [0.25, 0.3) is 22.1 Å². The van der Waals surface area contributed by atoms with Gasteiger partial charge in [-0.25, -0.2) is 19.9 Å². The molecule has 0 saturated heterocycles. The Balaban J connectivity index is 1.26. The van der Waals surface area contributed by atoms with E-state index in [1.807, 2.05) is 44.2 Å². The molecule has 0 spiro atoms. The highest BCUT2D eigenvalue weighted by Crippen LogP contribution is 2.30. The van der Waals surface area contributed by atoms with Crippen LogP contribution in [-0.2, 0) is 6.42 Å². The molecule has 2 aliphatic rings. The number of nitrogens with zero attached hydrogens (tertiary/aromatic N) is 6. The van der Waals surface area contributed by atoms with Crippen molar-refractivity contribution in [3.8, 4) is 0 Å². The van der Waals surface area contributed by atoms with E-state index in [2.05, 4.69) is 45.3 Å². The minimum absolute atomic E-state index is 0.0114. The first-order valence-electron chi connectivity index (χ1n) is 11.2. The van der Waals surface area contributed by atoms with Gasteiger partial charge in [-0.15, -0.1) is 0 Å². The molecule has 4 aromatic heterocycles. The molecule has 0 N–H and O–H groups in total. The Kier molecular flexibility index (Phi) is 5.03. The van der Waals surface area contributed by atoms with Gasteiger partial charge >= 0.3 is 0 Å². The van der Waals surface area contributed by atoms with Crippen molar-refractivity contribution >= 4 is 45.1 Å². The third kappa shape index (κ3) is 3.90. The maximum atomic E-state index is 6.03. The zero-order valence-corrected chi connectivity index (χ0v) is 19.5. The van der Waals surface area contributed by atoms with Gasteiger partial charge in [0.1, 0.15) is 5.15 Å². The van der Waals surface area contributed by atoms with Crippen LogP contribution in [0.1, 0.15) is 29.9 Å². The van der Waals surface area contributed by atoms with E-state index in [0.717, 1.165) is 50.5 Å². The van der Waals surface area contributed by atoms with Gasteiger partial charge in [0.15, 0.2) is 17.5 Å². The number of rotatable bonds is 3. The van der Waals surface area contributed by atoms with Gasteiger partial charge < -0.3 is 0 Å². The second kappa shape index (κ2) is 8.22. The van der Waals surface area contributed by atoms with Crippen molar-refractivity contribution in [3.63, 3.8) is 0 Å². The summed E-state index contributed by atoms with van der Waals surface area (Å²) in [5, 5.41) is 2.44. The Morgan fingerprint density at radius 2 is 1.53 bits per heavy atom. The summed E-state index contributed by atoms with van der Waals surface area (Å²) in [5.74, 6) is 0.0114. The number of pyridine rings is 4. The lowest BCUT2D eigenvalue weighted by Crippen LogP contribution is -2.23. The van der Waals surface area contributed by atoms with Gasteiger partial charge in [-0.1, -0.05) is 23.8 Å². The Morgan fingerprint density at radius 3 is 2.41 bits per heavy atom. The van der Waals surface area contributed by atoms with E-state index < -0.39 is 0 Å². The number of fused-ring (bicyclic) bond motifs is 3. The second-order valence-corrected chi connectivity index (χ2v) is 9.03. The average Bonchev–Trinajstić information content (AvgIpc) is 2.83. The summed E-state index contributed by atoms with van der Waals surface area (Å²) in [5.41, 5.74) is 7.24. The first-order chi connectivity index (χ1) is 16.5. The summed E-state index contributed by atoms with van der Waals surface area (Å²) in [4.78, 5) is 28.2. The molecule has 6 nitrogen and oxygen atoms in total. The lowest BCUT2D eigenvalue weighted by molar-refractivity contribution is 0.790. The maximum Gasteiger partial charge on any atom is 0.165 e. The molecule has 0 amide bonds. The molecule has 7 heteroatoms. The first-order valence-corrected chi connectivity index (χ1v) is 11.6. The summed E-state index contributed by atoms with van der Waals surface area (Å²) in [6.07, 6.45) is 6.75. The molecule has 0 fully saturated rings. The number of dihydropyridines is 2. The van der Waals surface area contributed by atoms with E-state index in [4.69, 9.17) is 26.6 Å². The molecule has 6 rings (SSSR count). The molecule has 2 aliphatic heterocycles. The number of aliphatic imine (C=N–C) groups is 2. The molecule has 0 bridgehead atoms. The topological polar surface area (TPSA) is 76.3 Å². The van der Waals surface area contributed by atoms with Crippen LogP contribution in [0.15, 0.2) is 82.3 Å². The zero-order chi connectivity index (χ0) is 23.2. The molecule has 0 aliphatic carbocycles. The maximum absolute atomic E-state index is 6.03. The molecule has 0 aromatic carbocycles. The second-order valence-electron chi connectivity index (χ2n) is 8.64. The molecule has 34 heavy (non-hydrogen) atoms. The van der Waals surface area contributed by atoms with Crippen molar-refractivity contribution in [2.24, 2.45) is 9.98 Å². The summed E-state index contributed by atoms with van der Waals surface area (Å²) in [6.45, 7) is 4.02. The number of hydrogen-bond acceptors (Lipinski definition) is 6. The van der Waals surface area contributed by atoms with Crippen LogP contribution in [0.5, 0.6) is 0 Å². The molecule has 2 unspecified atom stereocenters. The van der Waals surface area contributed by atoms with Crippen LogP contribution >= 0.6 is 11.6 Å². The molecule has 0 radical (unpaired) electrons. The fourth-order valence-corrected chi connectivity index (χ4v) is 4.51. The standard InChI is InChI=1S/C27H21ClN6/c1-15-3-4-17-7-11-23(33-25(17)29-15)22-13-19-6-10-21(32-27(19)30-16(22)2)14-20-9-5-18-8-12-24(28)34-26(18)31-20/h3-13,22,27H,14H2,1-2H3.